The number of likely N-dealkylation sites (tertiary alicyclic amines) is 1. The molecule has 1 aromatic rings. The van der Waals surface area contributed by atoms with Gasteiger partial charge in [0.2, 0.25) is 11.8 Å². The first-order chi connectivity index (χ1) is 13.1. The van der Waals surface area contributed by atoms with Gasteiger partial charge in [-0.15, -0.1) is 0 Å². The number of carbonyl (C=O) groups excluding carboxylic acids is 2. The molecule has 2 amide bonds. The van der Waals surface area contributed by atoms with Crippen LogP contribution >= 0.6 is 0 Å². The van der Waals surface area contributed by atoms with Gasteiger partial charge in [-0.1, -0.05) is 37.3 Å². The molecule has 1 fully saturated rings. The number of benzene rings is 1. The molecule has 2 heterocycles. The number of hydrazone groups is 1. The van der Waals surface area contributed by atoms with Crippen LogP contribution in [0.4, 0.5) is 0 Å². The molecule has 0 spiro atoms. The van der Waals surface area contributed by atoms with Gasteiger partial charge in [0.25, 0.3) is 0 Å². The molecule has 1 aromatic carbocycles. The number of nitrogens with one attached hydrogen (secondary N) is 1. The van der Waals surface area contributed by atoms with E-state index < -0.39 is 0 Å². The van der Waals surface area contributed by atoms with Gasteiger partial charge >= 0.3 is 0 Å². The molecule has 0 saturated carbocycles. The van der Waals surface area contributed by atoms with Crippen molar-refractivity contribution in [3.63, 3.8) is 0 Å². The Balaban J connectivity index is 1.34. The third-order valence-electron chi connectivity index (χ3n) is 5.39. The monoisotopic (exact) mass is 370 g/mol. The summed E-state index contributed by atoms with van der Waals surface area (Å²) >= 11 is 0. The number of piperidine rings is 1. The second-order valence-electron chi connectivity index (χ2n) is 7.55. The van der Waals surface area contributed by atoms with Crippen molar-refractivity contribution >= 4 is 17.5 Å². The predicted octanol–water partition coefficient (Wildman–Crippen LogP) is 2.25. The Labute approximate surface area is 161 Å². The van der Waals surface area contributed by atoms with Gasteiger partial charge in [-0.3, -0.25) is 9.59 Å². The van der Waals surface area contributed by atoms with Crippen molar-refractivity contribution in [2.45, 2.75) is 39.0 Å². The number of nitrogens with zero attached hydrogens (tertiary/aromatic N) is 3. The van der Waals surface area contributed by atoms with Crippen molar-refractivity contribution in [1.82, 2.24) is 15.2 Å². The molecular formula is C21H30N4O2. The molecule has 6 heteroatoms. The largest absolute Gasteiger partial charge is 0.355 e. The fraction of sp³-hybridized carbons (Fsp3) is 0.571. The average Bonchev–Trinajstić information content (AvgIpc) is 3.19. The number of carbonyl (C=O) groups is 2. The Morgan fingerprint density at radius 2 is 1.85 bits per heavy atom. The lowest BCUT2D eigenvalue weighted by Crippen LogP contribution is -2.39. The van der Waals surface area contributed by atoms with E-state index >= 15 is 0 Å². The quantitative estimate of drug-likeness (QED) is 0.801. The molecule has 0 aliphatic carbocycles. The first-order valence-corrected chi connectivity index (χ1v) is 10.0. The Hall–Kier alpha value is -2.21. The summed E-state index contributed by atoms with van der Waals surface area (Å²) in [6.45, 7) is 6.67. The van der Waals surface area contributed by atoms with E-state index in [9.17, 15) is 9.59 Å². The van der Waals surface area contributed by atoms with E-state index in [1.165, 1.54) is 17.9 Å². The van der Waals surface area contributed by atoms with Crippen LogP contribution in [0.25, 0.3) is 0 Å². The minimum Gasteiger partial charge on any atom is -0.355 e. The Kier molecular flexibility index (Phi) is 6.98. The summed E-state index contributed by atoms with van der Waals surface area (Å²) in [4.78, 5) is 26.7. The van der Waals surface area contributed by atoms with Gasteiger partial charge in [0, 0.05) is 32.4 Å². The zero-order valence-electron chi connectivity index (χ0n) is 16.2. The summed E-state index contributed by atoms with van der Waals surface area (Å²) in [6, 6.07) is 9.91. The highest BCUT2D eigenvalue weighted by Gasteiger charge is 2.22. The highest BCUT2D eigenvalue weighted by Crippen LogP contribution is 2.16. The first-order valence-electron chi connectivity index (χ1n) is 10.0. The lowest BCUT2D eigenvalue weighted by atomic mass is 9.99. The number of rotatable bonds is 7. The maximum atomic E-state index is 12.3. The topological polar surface area (TPSA) is 65.0 Å². The maximum absolute atomic E-state index is 12.3. The second-order valence-corrected chi connectivity index (χ2v) is 7.55. The van der Waals surface area contributed by atoms with Crippen LogP contribution in [0, 0.1) is 5.92 Å². The molecule has 3 rings (SSSR count). The molecule has 0 aromatic heterocycles. The highest BCUT2D eigenvalue weighted by molar-refractivity contribution is 6.02. The minimum absolute atomic E-state index is 0.0554. The summed E-state index contributed by atoms with van der Waals surface area (Å²) in [6.07, 6.45) is 3.67. The average molecular weight is 370 g/mol. The van der Waals surface area contributed by atoms with E-state index in [0.717, 1.165) is 43.2 Å². The van der Waals surface area contributed by atoms with Crippen molar-refractivity contribution in [3.8, 4) is 0 Å². The van der Waals surface area contributed by atoms with Crippen LogP contribution in [0.15, 0.2) is 35.4 Å². The van der Waals surface area contributed by atoms with Gasteiger partial charge in [-0.05, 0) is 37.4 Å². The van der Waals surface area contributed by atoms with Gasteiger partial charge in [0.1, 0.15) is 0 Å². The van der Waals surface area contributed by atoms with Gasteiger partial charge in [-0.2, -0.15) is 5.10 Å². The molecule has 27 heavy (non-hydrogen) atoms. The van der Waals surface area contributed by atoms with Gasteiger partial charge in [-0.25, -0.2) is 5.01 Å². The highest BCUT2D eigenvalue weighted by atomic mass is 16.2. The normalized spacial score (nSPS) is 18.4. The standard InChI is InChI=1S/C21H30N4O2/c1-17-9-13-24(14-10-17)16-12-22-20(26)7-8-21(27)25-15-11-19(23-25)18-5-3-2-4-6-18/h2-6,17H,7-16H2,1H3,(H,22,26). The first kappa shape index (κ1) is 19.5. The molecule has 0 atom stereocenters. The van der Waals surface area contributed by atoms with Crippen LogP contribution in [-0.2, 0) is 9.59 Å². The van der Waals surface area contributed by atoms with Crippen molar-refractivity contribution in [2.24, 2.45) is 11.0 Å². The van der Waals surface area contributed by atoms with Gasteiger partial charge in [0.05, 0.1) is 12.3 Å². The van der Waals surface area contributed by atoms with E-state index in [-0.39, 0.29) is 24.7 Å². The molecule has 1 N–H and O–H groups in total. The van der Waals surface area contributed by atoms with Crippen LogP contribution in [0.1, 0.15) is 44.6 Å². The fourth-order valence-electron chi connectivity index (χ4n) is 3.55. The number of hydrogen-bond donors (Lipinski definition) is 1. The van der Waals surface area contributed by atoms with Crippen molar-refractivity contribution in [1.29, 1.82) is 0 Å². The molecule has 2 aliphatic rings. The Morgan fingerprint density at radius 1 is 1.11 bits per heavy atom. The number of amides is 2. The summed E-state index contributed by atoms with van der Waals surface area (Å²) in [5.74, 6) is 0.679. The smallest absolute Gasteiger partial charge is 0.243 e. The van der Waals surface area contributed by atoms with Crippen molar-refractivity contribution in [2.75, 3.05) is 32.7 Å². The Bertz CT molecular complexity index is 666. The van der Waals surface area contributed by atoms with E-state index in [4.69, 9.17) is 0 Å². The van der Waals surface area contributed by atoms with Crippen LogP contribution in [0.3, 0.4) is 0 Å². The lowest BCUT2D eigenvalue weighted by molar-refractivity contribution is -0.133. The molecule has 146 valence electrons. The van der Waals surface area contributed by atoms with E-state index in [1.807, 2.05) is 30.3 Å². The summed E-state index contributed by atoms with van der Waals surface area (Å²) in [5, 5.41) is 8.87. The SMILES string of the molecule is CC1CCN(CCNC(=O)CCC(=O)N2CCC(c3ccccc3)=N2)CC1. The van der Waals surface area contributed by atoms with Crippen LogP contribution in [0.2, 0.25) is 0 Å². The molecule has 2 aliphatic heterocycles. The van der Waals surface area contributed by atoms with Crippen molar-refractivity contribution < 1.29 is 9.59 Å². The van der Waals surface area contributed by atoms with Crippen LogP contribution < -0.4 is 5.32 Å². The van der Waals surface area contributed by atoms with E-state index in [2.05, 4.69) is 22.2 Å². The number of hydrogen-bond acceptors (Lipinski definition) is 4. The Morgan fingerprint density at radius 3 is 2.59 bits per heavy atom. The zero-order chi connectivity index (χ0) is 19.1. The molecule has 0 radical (unpaired) electrons. The van der Waals surface area contributed by atoms with Crippen LogP contribution in [-0.4, -0.2) is 60.2 Å². The lowest BCUT2D eigenvalue weighted by Gasteiger charge is -2.30. The van der Waals surface area contributed by atoms with Gasteiger partial charge < -0.3 is 10.2 Å². The van der Waals surface area contributed by atoms with E-state index in [1.54, 1.807) is 0 Å². The molecule has 6 nitrogen and oxygen atoms in total. The molecule has 0 unspecified atom stereocenters. The molecular weight excluding hydrogens is 340 g/mol. The van der Waals surface area contributed by atoms with Crippen LogP contribution in [0.5, 0.6) is 0 Å². The fourth-order valence-corrected chi connectivity index (χ4v) is 3.55. The zero-order valence-corrected chi connectivity index (χ0v) is 16.2. The summed E-state index contributed by atoms with van der Waals surface area (Å²) < 4.78 is 0. The van der Waals surface area contributed by atoms with Gasteiger partial charge in [0.15, 0.2) is 0 Å². The molecule has 0 bridgehead atoms. The minimum atomic E-state index is -0.0823. The van der Waals surface area contributed by atoms with Crippen molar-refractivity contribution in [3.05, 3.63) is 35.9 Å². The predicted molar refractivity (Wildman–Crippen MR) is 106 cm³/mol. The third-order valence-corrected chi connectivity index (χ3v) is 5.39. The van der Waals surface area contributed by atoms with E-state index in [0.29, 0.717) is 13.1 Å². The maximum Gasteiger partial charge on any atom is 0.243 e. The summed E-state index contributed by atoms with van der Waals surface area (Å²) in [7, 11) is 0. The second kappa shape index (κ2) is 9.65. The molecule has 1 saturated heterocycles. The summed E-state index contributed by atoms with van der Waals surface area (Å²) in [5.41, 5.74) is 1.99. The third kappa shape index (κ3) is 5.89.